The number of likely N-dealkylation sites (tertiary alicyclic amines) is 1. The Morgan fingerprint density at radius 1 is 0.950 bits per heavy atom. The Morgan fingerprint density at radius 2 is 1.65 bits per heavy atom. The van der Waals surface area contributed by atoms with Crippen LogP contribution in [0.1, 0.15) is 65.2 Å². The molecule has 0 spiro atoms. The Morgan fingerprint density at radius 3 is 2.30 bits per heavy atom. The van der Waals surface area contributed by atoms with Gasteiger partial charge < -0.3 is 5.32 Å². The van der Waals surface area contributed by atoms with E-state index in [1.54, 1.807) is 0 Å². The van der Waals surface area contributed by atoms with Crippen LogP contribution in [0.5, 0.6) is 0 Å². The van der Waals surface area contributed by atoms with Crippen LogP contribution in [-0.4, -0.2) is 36.6 Å². The van der Waals surface area contributed by atoms with Gasteiger partial charge in [-0.3, -0.25) is 4.90 Å². The minimum atomic E-state index is 0.813. The van der Waals surface area contributed by atoms with Gasteiger partial charge in [-0.25, -0.2) is 0 Å². The molecule has 0 radical (unpaired) electrons. The summed E-state index contributed by atoms with van der Waals surface area (Å²) < 4.78 is 0. The van der Waals surface area contributed by atoms with Crippen molar-refractivity contribution < 1.29 is 0 Å². The van der Waals surface area contributed by atoms with Gasteiger partial charge in [0.15, 0.2) is 0 Å². The lowest BCUT2D eigenvalue weighted by Gasteiger charge is -2.45. The number of nitrogens with zero attached hydrogens (tertiary/aromatic N) is 1. The van der Waals surface area contributed by atoms with Crippen LogP contribution in [-0.2, 0) is 0 Å². The molecule has 1 heterocycles. The van der Waals surface area contributed by atoms with E-state index in [0.717, 1.165) is 29.8 Å². The minimum absolute atomic E-state index is 0.813. The van der Waals surface area contributed by atoms with Crippen molar-refractivity contribution in [1.82, 2.24) is 10.2 Å². The third-order valence-electron chi connectivity index (χ3n) is 6.03. The lowest BCUT2D eigenvalue weighted by Crippen LogP contribution is -2.51. The van der Waals surface area contributed by atoms with Crippen LogP contribution >= 0.6 is 0 Å². The summed E-state index contributed by atoms with van der Waals surface area (Å²) in [5, 5.41) is 3.81. The van der Waals surface area contributed by atoms with E-state index in [2.05, 4.69) is 24.1 Å². The van der Waals surface area contributed by atoms with E-state index in [1.807, 2.05) is 0 Å². The molecule has 20 heavy (non-hydrogen) atoms. The van der Waals surface area contributed by atoms with Crippen LogP contribution in [0.3, 0.4) is 0 Å². The number of nitrogens with one attached hydrogen (secondary N) is 1. The fourth-order valence-corrected chi connectivity index (χ4v) is 4.46. The SMILES string of the molecule is CC(C)C1CCCCC1N1CCC(NCC2CC2)CC1. The van der Waals surface area contributed by atoms with Crippen molar-refractivity contribution in [3.05, 3.63) is 0 Å². The molecule has 3 aliphatic rings. The molecule has 1 aliphatic heterocycles. The first-order chi connectivity index (χ1) is 9.74. The fourth-order valence-electron chi connectivity index (χ4n) is 4.46. The summed E-state index contributed by atoms with van der Waals surface area (Å²) in [7, 11) is 0. The molecule has 2 aliphatic carbocycles. The predicted molar refractivity (Wildman–Crippen MR) is 85.9 cm³/mol. The summed E-state index contributed by atoms with van der Waals surface area (Å²) in [6.07, 6.45) is 11.6. The summed E-state index contributed by atoms with van der Waals surface area (Å²) >= 11 is 0. The summed E-state index contributed by atoms with van der Waals surface area (Å²) in [5.74, 6) is 2.85. The van der Waals surface area contributed by atoms with Gasteiger partial charge in [-0.1, -0.05) is 26.7 Å². The second kappa shape index (κ2) is 6.79. The van der Waals surface area contributed by atoms with Gasteiger partial charge in [-0.2, -0.15) is 0 Å². The molecular weight excluding hydrogens is 244 g/mol. The van der Waals surface area contributed by atoms with Crippen molar-refractivity contribution in [3.8, 4) is 0 Å². The Bertz CT molecular complexity index is 290. The van der Waals surface area contributed by atoms with E-state index >= 15 is 0 Å². The smallest absolute Gasteiger partial charge is 0.0126 e. The largest absolute Gasteiger partial charge is 0.314 e. The second-order valence-electron chi connectivity index (χ2n) is 7.92. The van der Waals surface area contributed by atoms with E-state index in [0.29, 0.717) is 0 Å². The molecule has 2 nitrogen and oxygen atoms in total. The third-order valence-corrected chi connectivity index (χ3v) is 6.03. The van der Waals surface area contributed by atoms with E-state index in [4.69, 9.17) is 0 Å². The standard InChI is InChI=1S/C18H34N2/c1-14(2)17-5-3-4-6-18(17)20-11-9-16(10-12-20)19-13-15-7-8-15/h14-19H,3-13H2,1-2H3. The monoisotopic (exact) mass is 278 g/mol. The van der Waals surface area contributed by atoms with Crippen molar-refractivity contribution in [2.45, 2.75) is 77.3 Å². The van der Waals surface area contributed by atoms with Crippen LogP contribution in [0, 0.1) is 17.8 Å². The Labute approximate surface area is 125 Å². The molecule has 2 unspecified atom stereocenters. The van der Waals surface area contributed by atoms with Gasteiger partial charge in [-0.05, 0) is 75.9 Å². The van der Waals surface area contributed by atoms with Crippen molar-refractivity contribution >= 4 is 0 Å². The van der Waals surface area contributed by atoms with E-state index in [9.17, 15) is 0 Å². The van der Waals surface area contributed by atoms with Crippen LogP contribution in [0.4, 0.5) is 0 Å². The van der Waals surface area contributed by atoms with Gasteiger partial charge in [0.2, 0.25) is 0 Å². The van der Waals surface area contributed by atoms with E-state index in [-0.39, 0.29) is 0 Å². The molecule has 0 aromatic carbocycles. The van der Waals surface area contributed by atoms with E-state index in [1.165, 1.54) is 71.0 Å². The van der Waals surface area contributed by atoms with Crippen LogP contribution in [0.15, 0.2) is 0 Å². The molecule has 0 aromatic heterocycles. The molecule has 3 fully saturated rings. The highest BCUT2D eigenvalue weighted by Gasteiger charge is 2.34. The first-order valence-corrected chi connectivity index (χ1v) is 9.21. The summed E-state index contributed by atoms with van der Waals surface area (Å²) in [6.45, 7) is 8.86. The lowest BCUT2D eigenvalue weighted by atomic mass is 9.76. The molecule has 1 N–H and O–H groups in total. The van der Waals surface area contributed by atoms with Crippen molar-refractivity contribution in [3.63, 3.8) is 0 Å². The molecule has 0 amide bonds. The molecule has 0 bridgehead atoms. The summed E-state index contributed by atoms with van der Waals surface area (Å²) in [5.41, 5.74) is 0. The molecule has 2 saturated carbocycles. The van der Waals surface area contributed by atoms with Crippen molar-refractivity contribution in [2.75, 3.05) is 19.6 Å². The molecule has 2 heteroatoms. The van der Waals surface area contributed by atoms with Crippen molar-refractivity contribution in [1.29, 1.82) is 0 Å². The first kappa shape index (κ1) is 14.8. The maximum atomic E-state index is 3.81. The van der Waals surface area contributed by atoms with Gasteiger partial charge in [0.1, 0.15) is 0 Å². The number of piperidine rings is 1. The average Bonchev–Trinajstić information content (AvgIpc) is 3.30. The summed E-state index contributed by atoms with van der Waals surface area (Å²) in [4.78, 5) is 2.85. The average molecular weight is 278 g/mol. The highest BCUT2D eigenvalue weighted by Crippen LogP contribution is 2.35. The maximum absolute atomic E-state index is 3.81. The number of hydrogen-bond acceptors (Lipinski definition) is 2. The predicted octanol–water partition coefficient (Wildman–Crippen LogP) is 3.67. The molecule has 3 rings (SSSR count). The lowest BCUT2D eigenvalue weighted by molar-refractivity contribution is 0.0555. The van der Waals surface area contributed by atoms with Crippen molar-refractivity contribution in [2.24, 2.45) is 17.8 Å². The zero-order chi connectivity index (χ0) is 13.9. The van der Waals surface area contributed by atoms with Crippen LogP contribution < -0.4 is 5.32 Å². The minimum Gasteiger partial charge on any atom is -0.314 e. The van der Waals surface area contributed by atoms with Crippen LogP contribution in [0.25, 0.3) is 0 Å². The van der Waals surface area contributed by atoms with Crippen LogP contribution in [0.2, 0.25) is 0 Å². The quantitative estimate of drug-likeness (QED) is 0.825. The zero-order valence-corrected chi connectivity index (χ0v) is 13.6. The zero-order valence-electron chi connectivity index (χ0n) is 13.6. The Hall–Kier alpha value is -0.0800. The number of rotatable bonds is 5. The second-order valence-corrected chi connectivity index (χ2v) is 7.92. The third kappa shape index (κ3) is 3.76. The van der Waals surface area contributed by atoms with E-state index < -0.39 is 0 Å². The van der Waals surface area contributed by atoms with Gasteiger partial charge in [0, 0.05) is 12.1 Å². The highest BCUT2D eigenvalue weighted by atomic mass is 15.2. The number of hydrogen-bond donors (Lipinski definition) is 1. The Kier molecular flexibility index (Phi) is 5.04. The molecule has 0 aromatic rings. The summed E-state index contributed by atoms with van der Waals surface area (Å²) in [6, 6.07) is 1.71. The molecule has 116 valence electrons. The molecule has 1 saturated heterocycles. The first-order valence-electron chi connectivity index (χ1n) is 9.21. The van der Waals surface area contributed by atoms with Gasteiger partial charge in [0.25, 0.3) is 0 Å². The maximum Gasteiger partial charge on any atom is 0.0126 e. The van der Waals surface area contributed by atoms with Gasteiger partial charge >= 0.3 is 0 Å². The molecule has 2 atom stereocenters. The molecular formula is C18H34N2. The topological polar surface area (TPSA) is 15.3 Å². The normalized spacial score (nSPS) is 33.8. The Balaban J connectivity index is 1.45. The van der Waals surface area contributed by atoms with Gasteiger partial charge in [0.05, 0.1) is 0 Å². The van der Waals surface area contributed by atoms with Gasteiger partial charge in [-0.15, -0.1) is 0 Å². The fraction of sp³-hybridized carbons (Fsp3) is 1.00. The highest BCUT2D eigenvalue weighted by molar-refractivity contribution is 4.89.